The molecule has 0 fully saturated rings. The van der Waals surface area contributed by atoms with E-state index >= 15 is 0 Å². The summed E-state index contributed by atoms with van der Waals surface area (Å²) in [4.78, 5) is 17.8. The third-order valence-electron chi connectivity index (χ3n) is 5.45. The lowest BCUT2D eigenvalue weighted by Gasteiger charge is -2.26. The van der Waals surface area contributed by atoms with Crippen LogP contribution in [0.25, 0.3) is 22.3 Å². The van der Waals surface area contributed by atoms with Crippen molar-refractivity contribution in [2.24, 2.45) is 0 Å². The molecule has 1 aromatic carbocycles. The zero-order chi connectivity index (χ0) is 18.0. The van der Waals surface area contributed by atoms with Gasteiger partial charge in [0.15, 0.2) is 6.29 Å². The van der Waals surface area contributed by atoms with Crippen molar-refractivity contribution in [3.05, 3.63) is 62.9 Å². The van der Waals surface area contributed by atoms with E-state index in [1.807, 2.05) is 18.2 Å². The SMILES string of the molecule is CCc1c2c(nc3ccccc13)-c1cc3c(c(=O)n1C2)COC(O)[C@H]3O. The highest BCUT2D eigenvalue weighted by atomic mass is 16.6. The molecule has 132 valence electrons. The Balaban J connectivity index is 1.82. The average Bonchev–Trinajstić information content (AvgIpc) is 3.02. The largest absolute Gasteiger partial charge is 0.383 e. The Hall–Kier alpha value is -2.54. The van der Waals surface area contributed by atoms with Crippen molar-refractivity contribution < 1.29 is 14.9 Å². The number of aliphatic hydroxyl groups excluding tert-OH is 2. The molecule has 0 saturated heterocycles. The number of nitrogens with zero attached hydrogens (tertiary/aromatic N) is 2. The van der Waals surface area contributed by atoms with Crippen LogP contribution in [0.4, 0.5) is 0 Å². The van der Waals surface area contributed by atoms with Crippen molar-refractivity contribution in [3.63, 3.8) is 0 Å². The predicted molar refractivity (Wildman–Crippen MR) is 95.7 cm³/mol. The summed E-state index contributed by atoms with van der Waals surface area (Å²) in [6.45, 7) is 2.57. The van der Waals surface area contributed by atoms with E-state index in [1.54, 1.807) is 10.6 Å². The number of rotatable bonds is 1. The first kappa shape index (κ1) is 15.7. The Morgan fingerprint density at radius 2 is 2.08 bits per heavy atom. The Kier molecular flexibility index (Phi) is 3.31. The molecule has 6 nitrogen and oxygen atoms in total. The number of ether oxygens (including phenoxy) is 1. The molecule has 2 atom stereocenters. The highest BCUT2D eigenvalue weighted by Crippen LogP contribution is 2.38. The molecule has 0 bridgehead atoms. The number of aryl methyl sites for hydroxylation is 1. The maximum atomic E-state index is 13.0. The van der Waals surface area contributed by atoms with E-state index in [9.17, 15) is 15.0 Å². The van der Waals surface area contributed by atoms with Crippen LogP contribution >= 0.6 is 0 Å². The number of fused-ring (bicyclic) bond motifs is 5. The van der Waals surface area contributed by atoms with Crippen molar-refractivity contribution in [2.45, 2.75) is 38.9 Å². The minimum absolute atomic E-state index is 0.000935. The van der Waals surface area contributed by atoms with Gasteiger partial charge in [-0.3, -0.25) is 4.79 Å². The van der Waals surface area contributed by atoms with E-state index in [0.717, 1.165) is 28.6 Å². The molecule has 0 amide bonds. The van der Waals surface area contributed by atoms with E-state index in [-0.39, 0.29) is 12.2 Å². The Morgan fingerprint density at radius 1 is 1.27 bits per heavy atom. The first-order valence-corrected chi connectivity index (χ1v) is 8.75. The number of pyridine rings is 2. The molecular weight excluding hydrogens is 332 g/mol. The summed E-state index contributed by atoms with van der Waals surface area (Å²) in [5, 5.41) is 21.2. The third kappa shape index (κ3) is 1.97. The van der Waals surface area contributed by atoms with Gasteiger partial charge in [-0.05, 0) is 29.7 Å². The second-order valence-electron chi connectivity index (χ2n) is 6.79. The van der Waals surface area contributed by atoms with E-state index in [2.05, 4.69) is 13.0 Å². The Labute approximate surface area is 149 Å². The van der Waals surface area contributed by atoms with Crippen LogP contribution in [0, 0.1) is 0 Å². The summed E-state index contributed by atoms with van der Waals surface area (Å²) in [6, 6.07) is 9.76. The zero-order valence-corrected chi connectivity index (χ0v) is 14.3. The van der Waals surface area contributed by atoms with Crippen molar-refractivity contribution in [2.75, 3.05) is 0 Å². The van der Waals surface area contributed by atoms with Crippen LogP contribution in [0.1, 0.15) is 35.3 Å². The van der Waals surface area contributed by atoms with Crippen LogP contribution in [0.15, 0.2) is 35.1 Å². The summed E-state index contributed by atoms with van der Waals surface area (Å²) < 4.78 is 6.82. The molecule has 26 heavy (non-hydrogen) atoms. The van der Waals surface area contributed by atoms with Crippen LogP contribution in [0.5, 0.6) is 0 Å². The monoisotopic (exact) mass is 350 g/mol. The lowest BCUT2D eigenvalue weighted by molar-refractivity contribution is -0.181. The molecule has 2 aromatic heterocycles. The first-order chi connectivity index (χ1) is 12.6. The quantitative estimate of drug-likeness (QED) is 0.547. The topological polar surface area (TPSA) is 84.6 Å². The van der Waals surface area contributed by atoms with Gasteiger partial charge in [0.25, 0.3) is 5.56 Å². The molecule has 2 aliphatic heterocycles. The molecule has 0 saturated carbocycles. The van der Waals surface area contributed by atoms with Crippen molar-refractivity contribution in [1.82, 2.24) is 9.55 Å². The number of para-hydroxylation sites is 1. The van der Waals surface area contributed by atoms with E-state index in [0.29, 0.717) is 23.4 Å². The minimum Gasteiger partial charge on any atom is -0.383 e. The fraction of sp³-hybridized carbons (Fsp3) is 0.300. The fourth-order valence-electron chi connectivity index (χ4n) is 4.15. The molecule has 3 aromatic rings. The van der Waals surface area contributed by atoms with Crippen molar-refractivity contribution in [3.8, 4) is 11.4 Å². The van der Waals surface area contributed by atoms with Crippen LogP contribution < -0.4 is 5.56 Å². The molecule has 0 spiro atoms. The number of benzene rings is 1. The van der Waals surface area contributed by atoms with Crippen molar-refractivity contribution in [1.29, 1.82) is 0 Å². The van der Waals surface area contributed by atoms with Gasteiger partial charge in [-0.1, -0.05) is 25.1 Å². The Bertz CT molecular complexity index is 1120. The van der Waals surface area contributed by atoms with Crippen molar-refractivity contribution >= 4 is 10.9 Å². The number of aliphatic hydroxyl groups is 2. The molecule has 2 aliphatic rings. The highest BCUT2D eigenvalue weighted by molar-refractivity contribution is 5.88. The van der Waals surface area contributed by atoms with Crippen LogP contribution in [0.2, 0.25) is 0 Å². The van der Waals surface area contributed by atoms with Gasteiger partial charge < -0.3 is 19.5 Å². The van der Waals surface area contributed by atoms with Crippen LogP contribution in [0.3, 0.4) is 0 Å². The predicted octanol–water partition coefficient (Wildman–Crippen LogP) is 1.87. The van der Waals surface area contributed by atoms with Crippen LogP contribution in [-0.2, 0) is 24.3 Å². The van der Waals surface area contributed by atoms with Gasteiger partial charge in [0.05, 0.1) is 30.1 Å². The van der Waals surface area contributed by atoms with E-state index in [4.69, 9.17) is 9.72 Å². The molecule has 6 heteroatoms. The summed E-state index contributed by atoms with van der Waals surface area (Å²) in [7, 11) is 0. The van der Waals surface area contributed by atoms with Crippen LogP contribution in [-0.4, -0.2) is 26.1 Å². The summed E-state index contributed by atoms with van der Waals surface area (Å²) in [6.07, 6.45) is -1.70. The van der Waals surface area contributed by atoms with Gasteiger partial charge in [0.1, 0.15) is 6.10 Å². The van der Waals surface area contributed by atoms with Gasteiger partial charge in [-0.2, -0.15) is 0 Å². The lowest BCUT2D eigenvalue weighted by atomic mass is 9.97. The van der Waals surface area contributed by atoms with Gasteiger partial charge in [0, 0.05) is 16.5 Å². The summed E-state index contributed by atoms with van der Waals surface area (Å²) in [5.74, 6) is 0. The molecule has 1 unspecified atom stereocenters. The maximum absolute atomic E-state index is 13.0. The summed E-state index contributed by atoms with van der Waals surface area (Å²) >= 11 is 0. The maximum Gasteiger partial charge on any atom is 0.257 e. The minimum atomic E-state index is -1.32. The molecule has 5 rings (SSSR count). The fourth-order valence-corrected chi connectivity index (χ4v) is 4.15. The summed E-state index contributed by atoms with van der Waals surface area (Å²) in [5.41, 5.74) is 5.28. The smallest absolute Gasteiger partial charge is 0.257 e. The molecule has 0 aliphatic carbocycles. The number of aromatic nitrogens is 2. The molecular formula is C20H18N2O4. The molecule has 4 heterocycles. The third-order valence-corrected chi connectivity index (χ3v) is 5.45. The van der Waals surface area contributed by atoms with Gasteiger partial charge in [0.2, 0.25) is 0 Å². The first-order valence-electron chi connectivity index (χ1n) is 8.75. The van der Waals surface area contributed by atoms with Gasteiger partial charge in [-0.25, -0.2) is 4.98 Å². The second-order valence-corrected chi connectivity index (χ2v) is 6.79. The number of hydrogen-bond donors (Lipinski definition) is 2. The zero-order valence-electron chi connectivity index (χ0n) is 14.3. The van der Waals surface area contributed by atoms with Gasteiger partial charge >= 0.3 is 0 Å². The average molecular weight is 350 g/mol. The standard InChI is InChI=1S/C20H18N2O4/c1-2-10-11-5-3-4-6-15(11)21-17-13(10)8-22-16(17)7-12-14(19(22)24)9-26-20(25)18(12)23/h3-7,18,20,23,25H,2,8-9H2,1H3/t18-,20?/m0/s1. The lowest BCUT2D eigenvalue weighted by Crippen LogP contribution is -2.34. The Morgan fingerprint density at radius 3 is 2.88 bits per heavy atom. The molecule has 0 radical (unpaired) electrons. The molecule has 2 N–H and O–H groups in total. The van der Waals surface area contributed by atoms with E-state index in [1.165, 1.54) is 5.56 Å². The number of hydrogen-bond acceptors (Lipinski definition) is 5. The second kappa shape index (κ2) is 5.48. The van der Waals surface area contributed by atoms with E-state index < -0.39 is 12.4 Å². The normalized spacial score (nSPS) is 20.7. The van der Waals surface area contributed by atoms with Gasteiger partial charge in [-0.15, -0.1) is 0 Å². The highest BCUT2D eigenvalue weighted by Gasteiger charge is 2.34.